The van der Waals surface area contributed by atoms with Crippen LogP contribution in [0, 0.1) is 0 Å². The molecule has 0 aliphatic carbocycles. The Morgan fingerprint density at radius 3 is 2.31 bits per heavy atom. The van der Waals surface area contributed by atoms with E-state index >= 15 is 0 Å². The van der Waals surface area contributed by atoms with E-state index in [1.54, 1.807) is 0 Å². The third kappa shape index (κ3) is 5.50. The first-order valence-electron chi connectivity index (χ1n) is 6.54. The molecule has 0 rings (SSSR count). The Bertz CT molecular complexity index is 194. The second-order valence-corrected chi connectivity index (χ2v) is 4.29. The number of carbonyl (C=O) groups is 1. The van der Waals surface area contributed by atoms with Crippen LogP contribution in [0.3, 0.4) is 0 Å². The van der Waals surface area contributed by atoms with Crippen molar-refractivity contribution >= 4 is 5.97 Å². The fraction of sp³-hybridized carbons (Fsp3) is 0.923. The molecule has 0 aliphatic rings. The summed E-state index contributed by atoms with van der Waals surface area (Å²) in [4.78, 5) is 11.6. The highest BCUT2D eigenvalue weighted by molar-refractivity contribution is 5.70. The molecule has 3 heteroatoms. The van der Waals surface area contributed by atoms with Crippen LogP contribution in [-0.2, 0) is 9.53 Å². The maximum atomic E-state index is 11.6. The van der Waals surface area contributed by atoms with Gasteiger partial charge in [0.05, 0.1) is 13.0 Å². The minimum atomic E-state index is -0.0820. The Morgan fingerprint density at radius 1 is 1.19 bits per heavy atom. The molecule has 96 valence electrons. The molecule has 0 bridgehead atoms. The number of esters is 1. The molecular weight excluding hydrogens is 202 g/mol. The molecule has 0 amide bonds. The molecule has 0 saturated heterocycles. The van der Waals surface area contributed by atoms with Crippen molar-refractivity contribution in [3.63, 3.8) is 0 Å². The van der Waals surface area contributed by atoms with Gasteiger partial charge in [-0.3, -0.25) is 4.79 Å². The van der Waals surface area contributed by atoms with E-state index < -0.39 is 0 Å². The first kappa shape index (κ1) is 15.4. The Hall–Kier alpha value is -0.570. The number of rotatable bonds is 9. The van der Waals surface area contributed by atoms with Gasteiger partial charge in [0.2, 0.25) is 0 Å². The summed E-state index contributed by atoms with van der Waals surface area (Å²) < 4.78 is 5.05. The predicted molar refractivity (Wildman–Crippen MR) is 67.5 cm³/mol. The number of nitrogens with one attached hydrogen (secondary N) is 1. The number of hydrogen-bond donors (Lipinski definition) is 1. The molecule has 0 aliphatic heterocycles. The molecule has 1 unspecified atom stereocenters. The van der Waals surface area contributed by atoms with Gasteiger partial charge in [-0.25, -0.2) is 0 Å². The Morgan fingerprint density at radius 2 is 1.88 bits per heavy atom. The summed E-state index contributed by atoms with van der Waals surface area (Å²) in [5, 5.41) is 3.52. The third-order valence-corrected chi connectivity index (χ3v) is 2.94. The lowest BCUT2D eigenvalue weighted by Crippen LogP contribution is -2.47. The fourth-order valence-electron chi connectivity index (χ4n) is 2.02. The number of hydrogen-bond acceptors (Lipinski definition) is 3. The van der Waals surface area contributed by atoms with E-state index in [-0.39, 0.29) is 11.5 Å². The van der Waals surface area contributed by atoms with Gasteiger partial charge in [0.15, 0.2) is 0 Å². The van der Waals surface area contributed by atoms with E-state index in [0.717, 1.165) is 32.2 Å². The van der Waals surface area contributed by atoms with Gasteiger partial charge in [0.1, 0.15) is 0 Å². The molecule has 0 aromatic carbocycles. The summed E-state index contributed by atoms with van der Waals surface area (Å²) in [5.41, 5.74) is -0.0585. The zero-order chi connectivity index (χ0) is 12.4. The van der Waals surface area contributed by atoms with Crippen LogP contribution < -0.4 is 5.32 Å². The monoisotopic (exact) mass is 229 g/mol. The number of carbonyl (C=O) groups excluding carboxylic acids is 1. The summed E-state index contributed by atoms with van der Waals surface area (Å²) in [6, 6.07) is 0. The standard InChI is InChI=1S/C13H27NO2/c1-5-9-13(7-3,14-10-6-2)11-12(15)16-8-4/h14H,5-11H2,1-4H3. The molecular formula is C13H27NO2. The normalized spacial score (nSPS) is 14.5. The molecule has 0 aromatic rings. The average Bonchev–Trinajstić information content (AvgIpc) is 2.26. The maximum Gasteiger partial charge on any atom is 0.307 e. The molecule has 0 spiro atoms. The molecule has 0 heterocycles. The lowest BCUT2D eigenvalue weighted by molar-refractivity contribution is -0.145. The van der Waals surface area contributed by atoms with Gasteiger partial charge in [-0.1, -0.05) is 27.2 Å². The van der Waals surface area contributed by atoms with Crippen molar-refractivity contribution in [3.8, 4) is 0 Å². The largest absolute Gasteiger partial charge is 0.466 e. The highest BCUT2D eigenvalue weighted by atomic mass is 16.5. The minimum absolute atomic E-state index is 0.0585. The average molecular weight is 229 g/mol. The van der Waals surface area contributed by atoms with Crippen LogP contribution in [0.25, 0.3) is 0 Å². The van der Waals surface area contributed by atoms with Crippen molar-refractivity contribution < 1.29 is 9.53 Å². The molecule has 0 saturated carbocycles. The van der Waals surface area contributed by atoms with E-state index in [1.807, 2.05) is 6.92 Å². The summed E-state index contributed by atoms with van der Waals surface area (Å²) in [7, 11) is 0. The second kappa shape index (κ2) is 8.57. The molecule has 0 fully saturated rings. The van der Waals surface area contributed by atoms with Gasteiger partial charge in [-0.2, -0.15) is 0 Å². The van der Waals surface area contributed by atoms with Crippen molar-refractivity contribution in [1.82, 2.24) is 5.32 Å². The van der Waals surface area contributed by atoms with Crippen LogP contribution in [0.4, 0.5) is 0 Å². The smallest absolute Gasteiger partial charge is 0.307 e. The van der Waals surface area contributed by atoms with E-state index in [9.17, 15) is 4.79 Å². The maximum absolute atomic E-state index is 11.6. The van der Waals surface area contributed by atoms with Gasteiger partial charge >= 0.3 is 5.97 Å². The van der Waals surface area contributed by atoms with Crippen molar-refractivity contribution in [2.45, 2.75) is 65.3 Å². The van der Waals surface area contributed by atoms with Crippen LogP contribution in [0.15, 0.2) is 0 Å². The van der Waals surface area contributed by atoms with E-state index in [4.69, 9.17) is 4.74 Å². The fourth-order valence-corrected chi connectivity index (χ4v) is 2.02. The summed E-state index contributed by atoms with van der Waals surface area (Å²) in [6.45, 7) is 9.72. The van der Waals surface area contributed by atoms with E-state index in [2.05, 4.69) is 26.1 Å². The number of ether oxygens (including phenoxy) is 1. The van der Waals surface area contributed by atoms with Gasteiger partial charge in [-0.15, -0.1) is 0 Å². The molecule has 3 nitrogen and oxygen atoms in total. The Labute approximate surface area is 99.9 Å². The van der Waals surface area contributed by atoms with Crippen LogP contribution >= 0.6 is 0 Å². The molecule has 0 radical (unpaired) electrons. The Kier molecular flexibility index (Phi) is 8.26. The zero-order valence-electron chi connectivity index (χ0n) is 11.3. The lowest BCUT2D eigenvalue weighted by Gasteiger charge is -2.33. The highest BCUT2D eigenvalue weighted by Gasteiger charge is 2.29. The van der Waals surface area contributed by atoms with Crippen LogP contribution in [0.1, 0.15) is 59.8 Å². The van der Waals surface area contributed by atoms with Crippen molar-refractivity contribution in [2.24, 2.45) is 0 Å². The van der Waals surface area contributed by atoms with Gasteiger partial charge < -0.3 is 10.1 Å². The third-order valence-electron chi connectivity index (χ3n) is 2.94. The second-order valence-electron chi connectivity index (χ2n) is 4.29. The van der Waals surface area contributed by atoms with E-state index in [0.29, 0.717) is 13.0 Å². The first-order chi connectivity index (χ1) is 7.64. The van der Waals surface area contributed by atoms with Crippen molar-refractivity contribution in [1.29, 1.82) is 0 Å². The molecule has 0 aromatic heterocycles. The quantitative estimate of drug-likeness (QED) is 0.618. The predicted octanol–water partition coefficient (Wildman–Crippen LogP) is 2.89. The van der Waals surface area contributed by atoms with Crippen molar-refractivity contribution in [2.75, 3.05) is 13.2 Å². The SMILES string of the molecule is CCCNC(CC)(CCC)CC(=O)OCC. The summed E-state index contributed by atoms with van der Waals surface area (Å²) in [6.07, 6.45) is 4.67. The van der Waals surface area contributed by atoms with Gasteiger partial charge in [0, 0.05) is 5.54 Å². The van der Waals surface area contributed by atoms with Crippen LogP contribution in [0.2, 0.25) is 0 Å². The van der Waals surface area contributed by atoms with E-state index in [1.165, 1.54) is 0 Å². The zero-order valence-corrected chi connectivity index (χ0v) is 11.3. The van der Waals surface area contributed by atoms with Crippen LogP contribution in [0.5, 0.6) is 0 Å². The summed E-state index contributed by atoms with van der Waals surface area (Å²) in [5.74, 6) is -0.0820. The minimum Gasteiger partial charge on any atom is -0.466 e. The first-order valence-corrected chi connectivity index (χ1v) is 6.54. The molecule has 1 atom stereocenters. The summed E-state index contributed by atoms with van der Waals surface area (Å²) >= 11 is 0. The van der Waals surface area contributed by atoms with Crippen molar-refractivity contribution in [3.05, 3.63) is 0 Å². The lowest BCUT2D eigenvalue weighted by atomic mass is 9.87. The van der Waals surface area contributed by atoms with Gasteiger partial charge in [0.25, 0.3) is 0 Å². The molecule has 1 N–H and O–H groups in total. The molecule has 16 heavy (non-hydrogen) atoms. The Balaban J connectivity index is 4.41. The van der Waals surface area contributed by atoms with Crippen LogP contribution in [-0.4, -0.2) is 24.7 Å². The topological polar surface area (TPSA) is 38.3 Å². The van der Waals surface area contributed by atoms with Gasteiger partial charge in [-0.05, 0) is 32.7 Å². The highest BCUT2D eigenvalue weighted by Crippen LogP contribution is 2.22.